The Kier molecular flexibility index (Phi) is 5.42. The molecule has 5 heteroatoms. The predicted molar refractivity (Wildman–Crippen MR) is 90.4 cm³/mol. The van der Waals surface area contributed by atoms with Crippen molar-refractivity contribution in [2.24, 2.45) is 5.92 Å². The number of rotatable bonds is 6. The van der Waals surface area contributed by atoms with Crippen molar-refractivity contribution in [1.82, 2.24) is 15.1 Å². The molecule has 2 rings (SSSR count). The monoisotopic (exact) mass is 315 g/mol. The number of hydrogen-bond donors (Lipinski definition) is 2. The van der Waals surface area contributed by atoms with Crippen LogP contribution in [0.4, 0.5) is 0 Å². The number of nitrogens with one attached hydrogen (secondary N) is 1. The molecule has 1 aromatic heterocycles. The summed E-state index contributed by atoms with van der Waals surface area (Å²) in [5.41, 5.74) is 2.49. The molecule has 1 atom stereocenters. The Labute approximate surface area is 137 Å². The van der Waals surface area contributed by atoms with Gasteiger partial charge in [0, 0.05) is 6.54 Å². The predicted octanol–water partition coefficient (Wildman–Crippen LogP) is 3.30. The van der Waals surface area contributed by atoms with Crippen LogP contribution >= 0.6 is 0 Å². The molecule has 0 aliphatic carbocycles. The maximum Gasteiger partial charge on any atom is 0.270 e. The van der Waals surface area contributed by atoms with Crippen molar-refractivity contribution in [2.75, 3.05) is 0 Å². The molecular weight excluding hydrogens is 290 g/mol. The first kappa shape index (κ1) is 17.1. The maximum atomic E-state index is 12.6. The van der Waals surface area contributed by atoms with Gasteiger partial charge in [-0.1, -0.05) is 26.0 Å². The second kappa shape index (κ2) is 7.31. The molecule has 2 N–H and O–H groups in total. The van der Waals surface area contributed by atoms with Gasteiger partial charge in [0.05, 0.1) is 11.7 Å². The fourth-order valence-electron chi connectivity index (χ4n) is 2.53. The first-order valence-corrected chi connectivity index (χ1v) is 8.07. The molecule has 0 spiro atoms. The van der Waals surface area contributed by atoms with E-state index < -0.39 is 0 Å². The minimum absolute atomic E-state index is 0.130. The average Bonchev–Trinajstić information content (AvgIpc) is 2.90. The van der Waals surface area contributed by atoms with Crippen LogP contribution in [0.1, 0.15) is 55.5 Å². The number of aromatic hydroxyl groups is 1. The minimum atomic E-state index is -0.142. The summed E-state index contributed by atoms with van der Waals surface area (Å²) in [6.45, 7) is 8.84. The maximum absolute atomic E-state index is 12.6. The number of phenols is 1. The van der Waals surface area contributed by atoms with Gasteiger partial charge in [0.15, 0.2) is 0 Å². The van der Waals surface area contributed by atoms with Crippen LogP contribution in [-0.4, -0.2) is 20.8 Å². The van der Waals surface area contributed by atoms with Crippen molar-refractivity contribution >= 4 is 5.91 Å². The second-order valence-electron chi connectivity index (χ2n) is 6.22. The number of aryl methyl sites for hydroxylation is 1. The molecule has 5 nitrogen and oxygen atoms in total. The van der Waals surface area contributed by atoms with Gasteiger partial charge in [-0.25, -0.2) is 0 Å². The number of amides is 1. The Morgan fingerprint density at radius 1 is 1.26 bits per heavy atom. The van der Waals surface area contributed by atoms with E-state index in [1.165, 1.54) is 0 Å². The largest absolute Gasteiger partial charge is 0.508 e. The molecule has 2 aromatic rings. The number of aromatic nitrogens is 2. The summed E-state index contributed by atoms with van der Waals surface area (Å²) in [7, 11) is 0. The summed E-state index contributed by atoms with van der Waals surface area (Å²) in [6, 6.07) is 8.59. The van der Waals surface area contributed by atoms with E-state index >= 15 is 0 Å². The van der Waals surface area contributed by atoms with Crippen LogP contribution in [0, 0.1) is 5.92 Å². The first-order chi connectivity index (χ1) is 10.9. The van der Waals surface area contributed by atoms with Crippen LogP contribution in [0.2, 0.25) is 0 Å². The van der Waals surface area contributed by atoms with Gasteiger partial charge in [-0.05, 0) is 49.9 Å². The number of carbonyl (C=O) groups is 1. The number of carbonyl (C=O) groups excluding carboxylic acids is 1. The Morgan fingerprint density at radius 3 is 2.48 bits per heavy atom. The summed E-state index contributed by atoms with van der Waals surface area (Å²) in [6.07, 6.45) is 0.862. The van der Waals surface area contributed by atoms with Gasteiger partial charge in [0.25, 0.3) is 5.91 Å². The zero-order chi connectivity index (χ0) is 17.0. The van der Waals surface area contributed by atoms with Crippen molar-refractivity contribution in [2.45, 2.75) is 46.7 Å². The van der Waals surface area contributed by atoms with E-state index in [2.05, 4.69) is 24.3 Å². The summed E-state index contributed by atoms with van der Waals surface area (Å²) in [5.74, 6) is 0.589. The molecule has 23 heavy (non-hydrogen) atoms. The van der Waals surface area contributed by atoms with Crippen LogP contribution in [-0.2, 0) is 13.0 Å². The minimum Gasteiger partial charge on any atom is -0.508 e. The molecule has 0 bridgehead atoms. The molecule has 1 amide bonds. The molecule has 0 aliphatic heterocycles. The van der Waals surface area contributed by atoms with Crippen LogP contribution in [0.15, 0.2) is 30.3 Å². The lowest BCUT2D eigenvalue weighted by atomic mass is 10.1. The molecule has 1 aromatic carbocycles. The van der Waals surface area contributed by atoms with Gasteiger partial charge >= 0.3 is 0 Å². The van der Waals surface area contributed by atoms with E-state index in [1.807, 2.05) is 32.0 Å². The van der Waals surface area contributed by atoms with Crippen LogP contribution in [0.3, 0.4) is 0 Å². The zero-order valence-electron chi connectivity index (χ0n) is 14.2. The Morgan fingerprint density at radius 2 is 1.91 bits per heavy atom. The molecular formula is C18H25N3O2. The van der Waals surface area contributed by atoms with Crippen molar-refractivity contribution < 1.29 is 9.90 Å². The van der Waals surface area contributed by atoms with Crippen molar-refractivity contribution in [3.8, 4) is 5.75 Å². The highest BCUT2D eigenvalue weighted by molar-refractivity contribution is 5.93. The van der Waals surface area contributed by atoms with E-state index in [-0.39, 0.29) is 17.7 Å². The number of phenolic OH excluding ortho intramolecular Hbond substituents is 1. The summed E-state index contributed by atoms with van der Waals surface area (Å²) < 4.78 is 1.75. The normalized spacial score (nSPS) is 12.4. The number of nitrogens with zero attached hydrogens (tertiary/aromatic N) is 2. The standard InChI is InChI=1S/C18H25N3O2/c1-5-21-17(11-15(20-21)10-12(2)3)18(23)19-13(4)14-6-8-16(22)9-7-14/h6-9,11-13,22H,5,10H2,1-4H3,(H,19,23). The molecule has 124 valence electrons. The number of hydrogen-bond acceptors (Lipinski definition) is 3. The third kappa shape index (κ3) is 4.34. The molecule has 0 fully saturated rings. The summed E-state index contributed by atoms with van der Waals surface area (Å²) >= 11 is 0. The highest BCUT2D eigenvalue weighted by Crippen LogP contribution is 2.17. The third-order valence-electron chi connectivity index (χ3n) is 3.72. The fourth-order valence-corrected chi connectivity index (χ4v) is 2.53. The molecule has 0 radical (unpaired) electrons. The summed E-state index contributed by atoms with van der Waals surface area (Å²) in [5, 5.41) is 16.8. The van der Waals surface area contributed by atoms with Gasteiger partial charge in [0.1, 0.15) is 11.4 Å². The topological polar surface area (TPSA) is 67.2 Å². The summed E-state index contributed by atoms with van der Waals surface area (Å²) in [4.78, 5) is 12.6. The lowest BCUT2D eigenvalue weighted by molar-refractivity contribution is 0.0929. The van der Waals surface area contributed by atoms with E-state index in [4.69, 9.17) is 0 Å². The quantitative estimate of drug-likeness (QED) is 0.859. The lowest BCUT2D eigenvalue weighted by Crippen LogP contribution is -2.28. The molecule has 1 heterocycles. The number of benzene rings is 1. The molecule has 0 aliphatic rings. The van der Waals surface area contributed by atoms with Gasteiger partial charge in [-0.2, -0.15) is 5.10 Å². The van der Waals surface area contributed by atoms with Gasteiger partial charge in [0.2, 0.25) is 0 Å². The Balaban J connectivity index is 2.13. The Bertz CT molecular complexity index is 659. The lowest BCUT2D eigenvalue weighted by Gasteiger charge is -2.14. The third-order valence-corrected chi connectivity index (χ3v) is 3.72. The average molecular weight is 315 g/mol. The zero-order valence-corrected chi connectivity index (χ0v) is 14.2. The Hall–Kier alpha value is -2.30. The molecule has 1 unspecified atom stereocenters. The molecule has 0 saturated carbocycles. The van der Waals surface area contributed by atoms with E-state index in [9.17, 15) is 9.90 Å². The second-order valence-corrected chi connectivity index (χ2v) is 6.22. The highest BCUT2D eigenvalue weighted by atomic mass is 16.3. The van der Waals surface area contributed by atoms with Gasteiger partial charge in [-0.3, -0.25) is 9.48 Å². The smallest absolute Gasteiger partial charge is 0.270 e. The highest BCUT2D eigenvalue weighted by Gasteiger charge is 2.17. The van der Waals surface area contributed by atoms with Crippen molar-refractivity contribution in [3.63, 3.8) is 0 Å². The van der Waals surface area contributed by atoms with Gasteiger partial charge in [-0.15, -0.1) is 0 Å². The van der Waals surface area contributed by atoms with E-state index in [0.29, 0.717) is 18.2 Å². The van der Waals surface area contributed by atoms with Crippen LogP contribution in [0.25, 0.3) is 0 Å². The SMILES string of the molecule is CCn1nc(CC(C)C)cc1C(=O)NC(C)c1ccc(O)cc1. The van der Waals surface area contributed by atoms with Gasteiger partial charge < -0.3 is 10.4 Å². The van der Waals surface area contributed by atoms with Crippen molar-refractivity contribution in [3.05, 3.63) is 47.3 Å². The van der Waals surface area contributed by atoms with Crippen molar-refractivity contribution in [1.29, 1.82) is 0 Å². The van der Waals surface area contributed by atoms with Crippen LogP contribution in [0.5, 0.6) is 5.75 Å². The molecule has 0 saturated heterocycles. The first-order valence-electron chi connectivity index (χ1n) is 8.07. The van der Waals surface area contributed by atoms with Crippen LogP contribution < -0.4 is 5.32 Å². The van der Waals surface area contributed by atoms with E-state index in [0.717, 1.165) is 17.7 Å². The fraction of sp³-hybridized carbons (Fsp3) is 0.444. The van der Waals surface area contributed by atoms with E-state index in [1.54, 1.807) is 16.8 Å².